The van der Waals surface area contributed by atoms with Gasteiger partial charge in [0, 0.05) is 22.5 Å². The van der Waals surface area contributed by atoms with Crippen LogP contribution in [-0.4, -0.2) is 31.0 Å². The summed E-state index contributed by atoms with van der Waals surface area (Å²) in [4.78, 5) is 40.1. The minimum atomic E-state index is -2.99. The van der Waals surface area contributed by atoms with Crippen molar-refractivity contribution in [2.45, 2.75) is 6.23 Å². The van der Waals surface area contributed by atoms with E-state index in [-0.39, 0.29) is 11.4 Å². The molecule has 0 aliphatic rings. The lowest BCUT2D eigenvalue weighted by atomic mass is 10.2. The summed E-state index contributed by atoms with van der Waals surface area (Å²) in [6, 6.07) is 11.5. The zero-order chi connectivity index (χ0) is 19.2. The van der Waals surface area contributed by atoms with Gasteiger partial charge in [0.2, 0.25) is 6.23 Å². The molecular weight excluding hydrogens is 373 g/mol. The van der Waals surface area contributed by atoms with E-state index in [1.54, 1.807) is 42.5 Å². The first-order valence-corrected chi connectivity index (χ1v) is 8.74. The van der Waals surface area contributed by atoms with E-state index in [4.69, 9.17) is 9.42 Å². The molecule has 0 fully saturated rings. The number of aromatic amines is 1. The Kier molecular flexibility index (Phi) is 5.72. The summed E-state index contributed by atoms with van der Waals surface area (Å²) < 4.78 is 15.9. The summed E-state index contributed by atoms with van der Waals surface area (Å²) in [7, 11) is -2.99. The van der Waals surface area contributed by atoms with Gasteiger partial charge in [-0.05, 0) is 12.1 Å². The van der Waals surface area contributed by atoms with Crippen molar-refractivity contribution in [2.24, 2.45) is 0 Å². The number of rotatable bonds is 6. The largest absolute Gasteiger partial charge is 0.697 e. The van der Waals surface area contributed by atoms with Crippen LogP contribution in [0.2, 0.25) is 0 Å². The summed E-state index contributed by atoms with van der Waals surface area (Å²) in [5.74, 6) is -0.668. The average Bonchev–Trinajstić information content (AvgIpc) is 2.68. The Balaban J connectivity index is 1.84. The van der Waals surface area contributed by atoms with Gasteiger partial charge in [0.25, 0.3) is 11.5 Å². The first kappa shape index (κ1) is 18.5. The van der Waals surface area contributed by atoms with Crippen LogP contribution in [0.4, 0.5) is 0 Å². The van der Waals surface area contributed by atoms with E-state index in [0.29, 0.717) is 11.3 Å². The molecule has 3 N–H and O–H groups in total. The molecule has 1 aromatic carbocycles. The molecule has 1 amide bonds. The topological polar surface area (TPSA) is 147 Å². The molecule has 0 saturated heterocycles. The molecule has 2 unspecified atom stereocenters. The van der Waals surface area contributed by atoms with Crippen LogP contribution in [0.25, 0.3) is 11.5 Å². The lowest BCUT2D eigenvalue weighted by Crippen LogP contribution is -2.33. The maximum absolute atomic E-state index is 12.4. The maximum atomic E-state index is 12.4. The molecule has 11 heteroatoms. The molecule has 0 spiro atoms. The minimum Gasteiger partial charge on any atom is -0.318 e. The Morgan fingerprint density at radius 1 is 1.22 bits per heavy atom. The second-order valence-corrected chi connectivity index (χ2v) is 5.88. The van der Waals surface area contributed by atoms with E-state index in [1.807, 2.05) is 0 Å². The minimum absolute atomic E-state index is 0.152. The molecule has 3 rings (SSSR count). The molecule has 3 aromatic rings. The summed E-state index contributed by atoms with van der Waals surface area (Å²) in [6.07, 6.45) is 1.34. The second-order valence-electron chi connectivity index (χ2n) is 5.19. The second kappa shape index (κ2) is 8.37. The van der Waals surface area contributed by atoms with Crippen molar-refractivity contribution in [2.75, 3.05) is 0 Å². The Labute approximate surface area is 153 Å². The molecule has 0 aliphatic carbocycles. The average molecular weight is 386 g/mol. The standard InChI is InChI=1S/C16H12N5O5P/c22-14-11(9-17-13(19-14)12-7-4-8-18-21-12)15(23)20-16(26-27(24)25)10-5-2-1-3-6-10/h1-9,16H,(H2-,17,19,20,22,23,24,25)/p+1. The zero-order valence-corrected chi connectivity index (χ0v) is 14.5. The van der Waals surface area contributed by atoms with Crippen molar-refractivity contribution in [1.29, 1.82) is 0 Å². The summed E-state index contributed by atoms with van der Waals surface area (Å²) >= 11 is 0. The first-order chi connectivity index (χ1) is 13.0. The van der Waals surface area contributed by atoms with Crippen LogP contribution in [0, 0.1) is 0 Å². The fourth-order valence-electron chi connectivity index (χ4n) is 2.20. The van der Waals surface area contributed by atoms with Gasteiger partial charge in [-0.15, -0.1) is 9.99 Å². The Morgan fingerprint density at radius 3 is 2.63 bits per heavy atom. The van der Waals surface area contributed by atoms with Gasteiger partial charge >= 0.3 is 8.25 Å². The number of H-pyrrole nitrogens is 1. The molecule has 136 valence electrons. The number of amides is 1. The zero-order valence-electron chi connectivity index (χ0n) is 13.6. The smallest absolute Gasteiger partial charge is 0.318 e. The van der Waals surface area contributed by atoms with Gasteiger partial charge in [-0.3, -0.25) is 9.59 Å². The molecule has 2 aromatic heterocycles. The fraction of sp³-hybridized carbons (Fsp3) is 0.0625. The summed E-state index contributed by atoms with van der Waals surface area (Å²) in [5, 5.41) is 9.90. The molecule has 0 bridgehead atoms. The van der Waals surface area contributed by atoms with Gasteiger partial charge in [-0.2, -0.15) is 5.10 Å². The van der Waals surface area contributed by atoms with Gasteiger partial charge in [0.05, 0.1) is 0 Å². The third kappa shape index (κ3) is 4.64. The van der Waals surface area contributed by atoms with Gasteiger partial charge in [-0.25, -0.2) is 4.98 Å². The van der Waals surface area contributed by atoms with Crippen molar-refractivity contribution in [1.82, 2.24) is 25.5 Å². The van der Waals surface area contributed by atoms with Gasteiger partial charge in [0.1, 0.15) is 11.3 Å². The van der Waals surface area contributed by atoms with Crippen LogP contribution in [0.3, 0.4) is 0 Å². The van der Waals surface area contributed by atoms with Crippen LogP contribution in [-0.2, 0) is 9.09 Å². The Bertz CT molecular complexity index is 1010. The molecule has 2 atom stereocenters. The third-order valence-electron chi connectivity index (χ3n) is 3.42. The number of hydrogen-bond acceptors (Lipinski definition) is 7. The number of carbonyl (C=O) groups is 1. The number of nitrogens with one attached hydrogen (secondary N) is 2. The highest BCUT2D eigenvalue weighted by Crippen LogP contribution is 2.26. The van der Waals surface area contributed by atoms with E-state index in [0.717, 1.165) is 6.20 Å². The van der Waals surface area contributed by atoms with Crippen LogP contribution in [0.15, 0.2) is 59.7 Å². The van der Waals surface area contributed by atoms with Crippen molar-refractivity contribution in [3.8, 4) is 11.5 Å². The molecule has 0 saturated carbocycles. The highest BCUT2D eigenvalue weighted by molar-refractivity contribution is 7.32. The predicted octanol–water partition coefficient (Wildman–Crippen LogP) is 1.32. The predicted molar refractivity (Wildman–Crippen MR) is 93.4 cm³/mol. The van der Waals surface area contributed by atoms with Crippen molar-refractivity contribution < 1.29 is 18.8 Å². The molecule has 2 heterocycles. The maximum Gasteiger partial charge on any atom is 0.697 e. The Morgan fingerprint density at radius 2 is 2.00 bits per heavy atom. The molecule has 0 aliphatic heterocycles. The molecule has 27 heavy (non-hydrogen) atoms. The van der Waals surface area contributed by atoms with Crippen molar-refractivity contribution in [3.05, 3.63) is 76.3 Å². The SMILES string of the molecule is O=C(NC(O[P+](=O)O)c1ccccc1)c1cnc(-c2cccnn2)[nH]c1=O. The number of benzene rings is 1. The normalized spacial score (nSPS) is 12.3. The third-order valence-corrected chi connectivity index (χ3v) is 3.81. The summed E-state index contributed by atoms with van der Waals surface area (Å²) in [6.45, 7) is 0. The highest BCUT2D eigenvalue weighted by Gasteiger charge is 2.27. The lowest BCUT2D eigenvalue weighted by Gasteiger charge is -2.12. The van der Waals surface area contributed by atoms with Crippen LogP contribution in [0.1, 0.15) is 22.1 Å². The van der Waals surface area contributed by atoms with Gasteiger partial charge in [0.15, 0.2) is 5.82 Å². The van der Waals surface area contributed by atoms with E-state index >= 15 is 0 Å². The number of hydrogen-bond donors (Lipinski definition) is 3. The van der Waals surface area contributed by atoms with E-state index in [1.165, 1.54) is 6.20 Å². The monoisotopic (exact) mass is 386 g/mol. The van der Waals surface area contributed by atoms with Gasteiger partial charge < -0.3 is 10.3 Å². The first-order valence-electron chi connectivity index (χ1n) is 7.60. The lowest BCUT2D eigenvalue weighted by molar-refractivity contribution is 0.0821. The highest BCUT2D eigenvalue weighted by atomic mass is 31.1. The molecular formula is C16H13N5O5P+. The van der Waals surface area contributed by atoms with Crippen molar-refractivity contribution in [3.63, 3.8) is 0 Å². The van der Waals surface area contributed by atoms with E-state index in [9.17, 15) is 14.2 Å². The van der Waals surface area contributed by atoms with Crippen LogP contribution >= 0.6 is 8.25 Å². The van der Waals surface area contributed by atoms with E-state index < -0.39 is 25.9 Å². The van der Waals surface area contributed by atoms with Gasteiger partial charge in [-0.1, -0.05) is 34.9 Å². The summed E-state index contributed by atoms with van der Waals surface area (Å²) in [5.41, 5.74) is -0.225. The van der Waals surface area contributed by atoms with Crippen LogP contribution in [0.5, 0.6) is 0 Å². The molecule has 10 nitrogen and oxygen atoms in total. The number of carbonyl (C=O) groups excluding carboxylic acids is 1. The fourth-order valence-corrected chi connectivity index (χ4v) is 2.55. The van der Waals surface area contributed by atoms with E-state index in [2.05, 4.69) is 25.5 Å². The quantitative estimate of drug-likeness (QED) is 0.424. The Hall–Kier alpha value is -3.33. The number of aromatic nitrogens is 4. The van der Waals surface area contributed by atoms with Crippen LogP contribution < -0.4 is 10.9 Å². The van der Waals surface area contributed by atoms with Crippen molar-refractivity contribution >= 4 is 14.2 Å². The molecule has 0 radical (unpaired) electrons. The number of nitrogens with zero attached hydrogens (tertiary/aromatic N) is 3.